The second-order valence-corrected chi connectivity index (χ2v) is 10.2. The molecule has 1 fully saturated rings. The van der Waals surface area contributed by atoms with Crippen molar-refractivity contribution in [2.75, 3.05) is 18.5 Å². The summed E-state index contributed by atoms with van der Waals surface area (Å²) in [5.74, 6) is -0.438. The molecule has 0 amide bonds. The van der Waals surface area contributed by atoms with Crippen LogP contribution in [0.15, 0.2) is 66.9 Å². The van der Waals surface area contributed by atoms with Gasteiger partial charge in [0.15, 0.2) is 5.65 Å². The second-order valence-electron chi connectivity index (χ2n) is 10.2. The van der Waals surface area contributed by atoms with Gasteiger partial charge in [-0.15, -0.1) is 5.10 Å². The van der Waals surface area contributed by atoms with Crippen LogP contribution in [0.3, 0.4) is 0 Å². The summed E-state index contributed by atoms with van der Waals surface area (Å²) in [5.41, 5.74) is 3.52. The van der Waals surface area contributed by atoms with Crippen molar-refractivity contribution in [3.63, 3.8) is 0 Å². The fourth-order valence-electron chi connectivity index (χ4n) is 4.60. The molecular weight excluding hydrogens is 541 g/mol. The van der Waals surface area contributed by atoms with Crippen LogP contribution >= 0.6 is 0 Å². The number of imidazole rings is 1. The highest BCUT2D eigenvalue weighted by atomic mass is 19.1. The maximum atomic E-state index is 13.6. The first kappa shape index (κ1) is 30.4. The van der Waals surface area contributed by atoms with E-state index in [9.17, 15) is 14.0 Å². The maximum Gasteiger partial charge on any atom is 0.303 e. The number of carboxylic acids is 2. The fraction of sp³-hybridized carbons (Fsp3) is 0.355. The number of rotatable bonds is 12. The lowest BCUT2D eigenvalue weighted by Gasteiger charge is -2.15. The van der Waals surface area contributed by atoms with Crippen molar-refractivity contribution in [2.24, 2.45) is 0 Å². The summed E-state index contributed by atoms with van der Waals surface area (Å²) in [6, 6.07) is 18.8. The number of anilines is 1. The van der Waals surface area contributed by atoms with E-state index in [0.717, 1.165) is 34.8 Å². The number of aromatic nitrogens is 3. The van der Waals surface area contributed by atoms with Crippen molar-refractivity contribution in [1.29, 1.82) is 0 Å². The number of carbonyl (C=O) groups is 2. The van der Waals surface area contributed by atoms with Gasteiger partial charge in [0.2, 0.25) is 0 Å². The van der Waals surface area contributed by atoms with Crippen LogP contribution in [-0.2, 0) is 9.59 Å². The largest absolute Gasteiger partial charge is 0.492 e. The molecule has 222 valence electrons. The lowest BCUT2D eigenvalue weighted by molar-refractivity contribution is -0.139. The Morgan fingerprint density at radius 3 is 2.48 bits per heavy atom. The normalized spacial score (nSPS) is 15.0. The van der Waals surface area contributed by atoms with Gasteiger partial charge in [-0.2, -0.15) is 0 Å². The Morgan fingerprint density at radius 2 is 1.83 bits per heavy atom. The minimum atomic E-state index is -0.870. The van der Waals surface area contributed by atoms with E-state index in [1.165, 1.54) is 25.0 Å². The number of hydrogen-bond acceptors (Lipinski definition) is 7. The van der Waals surface area contributed by atoms with Crippen LogP contribution in [0.25, 0.3) is 16.9 Å². The number of carboxylic acid groups (broad SMARTS) is 2. The Bertz CT molecular complexity index is 1450. The molecular formula is C31H36FN5O5. The van der Waals surface area contributed by atoms with Gasteiger partial charge >= 0.3 is 11.9 Å². The van der Waals surface area contributed by atoms with Crippen LogP contribution in [0.5, 0.6) is 5.75 Å². The number of halogens is 1. The molecule has 4 aromatic rings. The lowest BCUT2D eigenvalue weighted by Crippen LogP contribution is -2.28. The predicted molar refractivity (Wildman–Crippen MR) is 157 cm³/mol. The molecule has 4 N–H and O–H groups in total. The SMILES string of the molecule is C[C@@H](Nc1ccc2ncc(-c3ccc(OC[C@@H]4CCCN4)cc3)n2n1)c1cccc(F)c1.O=C(O)CCCCC(=O)O. The molecule has 5 rings (SSSR count). The van der Waals surface area contributed by atoms with E-state index in [-0.39, 0.29) is 24.7 Å². The Labute approximate surface area is 243 Å². The van der Waals surface area contributed by atoms with Crippen LogP contribution in [0, 0.1) is 5.82 Å². The first-order chi connectivity index (χ1) is 20.3. The molecule has 2 aromatic carbocycles. The van der Waals surface area contributed by atoms with Gasteiger partial charge in [-0.05, 0) is 93.2 Å². The zero-order valence-corrected chi connectivity index (χ0v) is 23.5. The molecule has 2 aromatic heterocycles. The molecule has 1 aliphatic rings. The van der Waals surface area contributed by atoms with Crippen LogP contribution in [0.1, 0.15) is 57.1 Å². The van der Waals surface area contributed by atoms with Gasteiger partial charge in [-0.3, -0.25) is 9.59 Å². The number of hydrogen-bond donors (Lipinski definition) is 4. The summed E-state index contributed by atoms with van der Waals surface area (Å²) >= 11 is 0. The molecule has 10 nitrogen and oxygen atoms in total. The summed E-state index contributed by atoms with van der Waals surface area (Å²) in [7, 11) is 0. The average molecular weight is 578 g/mol. The van der Waals surface area contributed by atoms with E-state index in [1.807, 2.05) is 60.1 Å². The van der Waals surface area contributed by atoms with Gasteiger partial charge in [0, 0.05) is 24.4 Å². The van der Waals surface area contributed by atoms with Crippen molar-refractivity contribution in [1.82, 2.24) is 19.9 Å². The summed E-state index contributed by atoms with van der Waals surface area (Å²) in [6.07, 6.45) is 5.22. The third-order valence-electron chi connectivity index (χ3n) is 6.87. The summed E-state index contributed by atoms with van der Waals surface area (Å²) in [5, 5.41) is 27.8. The maximum absolute atomic E-state index is 13.6. The molecule has 0 radical (unpaired) electrons. The van der Waals surface area contributed by atoms with Crippen LogP contribution < -0.4 is 15.4 Å². The van der Waals surface area contributed by atoms with E-state index in [0.29, 0.717) is 31.3 Å². The minimum Gasteiger partial charge on any atom is -0.492 e. The van der Waals surface area contributed by atoms with E-state index in [2.05, 4.69) is 15.6 Å². The summed E-state index contributed by atoms with van der Waals surface area (Å²) in [4.78, 5) is 24.3. The van der Waals surface area contributed by atoms with Crippen molar-refractivity contribution in [2.45, 2.75) is 57.5 Å². The number of unbranched alkanes of at least 4 members (excludes halogenated alkanes) is 1. The average Bonchev–Trinajstić information content (AvgIpc) is 3.65. The zero-order valence-electron chi connectivity index (χ0n) is 23.5. The highest BCUT2D eigenvalue weighted by Crippen LogP contribution is 2.25. The summed E-state index contributed by atoms with van der Waals surface area (Å²) in [6.45, 7) is 3.75. The minimum absolute atomic E-state index is 0.0628. The lowest BCUT2D eigenvalue weighted by atomic mass is 10.1. The second kappa shape index (κ2) is 14.9. The quantitative estimate of drug-likeness (QED) is 0.160. The molecule has 3 heterocycles. The van der Waals surface area contributed by atoms with Crippen LogP contribution in [-0.4, -0.2) is 55.9 Å². The molecule has 42 heavy (non-hydrogen) atoms. The monoisotopic (exact) mass is 577 g/mol. The predicted octanol–water partition coefficient (Wildman–Crippen LogP) is 5.56. The van der Waals surface area contributed by atoms with Gasteiger partial charge in [-0.25, -0.2) is 13.9 Å². The number of benzene rings is 2. The standard InChI is InChI=1S/C25H26FN5O.C6H10O4/c1-17(19-4-2-5-20(26)14-19)29-24-11-12-25-28-15-23(31(25)30-24)18-7-9-22(10-8-18)32-16-21-6-3-13-27-21;7-5(8)3-1-2-4-6(9)10/h2,4-5,7-12,14-15,17,21,27H,3,6,13,16H2,1H3,(H,29,30);1-4H2,(H,7,8)(H,9,10)/t17-,21+;/m1./s1. The number of fused-ring (bicyclic) bond motifs is 1. The molecule has 2 atom stereocenters. The Balaban J connectivity index is 0.000000349. The van der Waals surface area contributed by atoms with Gasteiger partial charge in [0.25, 0.3) is 0 Å². The van der Waals surface area contributed by atoms with Crippen molar-refractivity contribution < 1.29 is 28.9 Å². The molecule has 11 heteroatoms. The van der Waals surface area contributed by atoms with E-state index >= 15 is 0 Å². The molecule has 0 saturated carbocycles. The third-order valence-corrected chi connectivity index (χ3v) is 6.87. The topological polar surface area (TPSA) is 138 Å². The zero-order chi connectivity index (χ0) is 29.9. The van der Waals surface area contributed by atoms with Gasteiger partial charge < -0.3 is 25.6 Å². The van der Waals surface area contributed by atoms with Crippen molar-refractivity contribution >= 4 is 23.4 Å². The first-order valence-corrected chi connectivity index (χ1v) is 14.1. The first-order valence-electron chi connectivity index (χ1n) is 14.1. The Kier molecular flexibility index (Phi) is 10.8. The van der Waals surface area contributed by atoms with Crippen molar-refractivity contribution in [3.8, 4) is 17.0 Å². The molecule has 1 aliphatic heterocycles. The van der Waals surface area contributed by atoms with Crippen LogP contribution in [0.2, 0.25) is 0 Å². The fourth-order valence-corrected chi connectivity index (χ4v) is 4.60. The van der Waals surface area contributed by atoms with E-state index < -0.39 is 11.9 Å². The molecule has 0 spiro atoms. The van der Waals surface area contributed by atoms with Gasteiger partial charge in [0.05, 0.1) is 17.9 Å². The summed E-state index contributed by atoms with van der Waals surface area (Å²) < 4.78 is 21.3. The van der Waals surface area contributed by atoms with E-state index in [4.69, 9.17) is 20.0 Å². The molecule has 0 unspecified atom stereocenters. The number of nitrogens with one attached hydrogen (secondary N) is 2. The van der Waals surface area contributed by atoms with E-state index in [1.54, 1.807) is 6.07 Å². The number of nitrogens with zero attached hydrogens (tertiary/aromatic N) is 3. The van der Waals surface area contributed by atoms with Gasteiger partial charge in [-0.1, -0.05) is 12.1 Å². The van der Waals surface area contributed by atoms with Crippen molar-refractivity contribution in [3.05, 3.63) is 78.2 Å². The Morgan fingerprint density at radius 1 is 1.10 bits per heavy atom. The highest BCUT2D eigenvalue weighted by molar-refractivity contribution is 5.68. The molecule has 0 bridgehead atoms. The Hall–Kier alpha value is -4.51. The van der Waals surface area contributed by atoms with Gasteiger partial charge in [0.1, 0.15) is 24.0 Å². The molecule has 0 aliphatic carbocycles. The van der Waals surface area contributed by atoms with Crippen LogP contribution in [0.4, 0.5) is 10.2 Å². The third kappa shape index (κ3) is 9.00. The highest BCUT2D eigenvalue weighted by Gasteiger charge is 2.15. The number of ether oxygens (including phenoxy) is 1. The number of aliphatic carboxylic acids is 2. The smallest absolute Gasteiger partial charge is 0.303 e. The molecule has 1 saturated heterocycles.